The van der Waals surface area contributed by atoms with Crippen LogP contribution in [0.25, 0.3) is 0 Å². The number of hydrogen-bond donors (Lipinski definition) is 1. The topological polar surface area (TPSA) is 20.2 Å². The smallest absolute Gasteiger partial charge is 0.154 e. The van der Waals surface area contributed by atoms with E-state index in [1.807, 2.05) is 18.2 Å². The van der Waals surface area contributed by atoms with Gasteiger partial charge in [0.05, 0.1) is 6.10 Å². The molecule has 0 radical (unpaired) electrons. The van der Waals surface area contributed by atoms with E-state index in [0.29, 0.717) is 12.8 Å². The summed E-state index contributed by atoms with van der Waals surface area (Å²) in [4.78, 5) is 0. The van der Waals surface area contributed by atoms with Crippen LogP contribution in [0.3, 0.4) is 0 Å². The van der Waals surface area contributed by atoms with E-state index in [4.69, 9.17) is 0 Å². The van der Waals surface area contributed by atoms with Crippen molar-refractivity contribution in [1.29, 1.82) is 0 Å². The normalized spacial score (nSPS) is 13.3. The van der Waals surface area contributed by atoms with Gasteiger partial charge in [-0.2, -0.15) is 0 Å². The zero-order valence-corrected chi connectivity index (χ0v) is 19.3. The van der Waals surface area contributed by atoms with Crippen LogP contribution in [-0.4, -0.2) is 19.3 Å². The molecular weight excluding hydrogens is 404 g/mol. The Morgan fingerprint density at radius 3 is 1.38 bits per heavy atom. The van der Waals surface area contributed by atoms with Crippen molar-refractivity contribution in [3.63, 3.8) is 0 Å². The second-order valence-electron chi connectivity index (χ2n) is 8.33. The van der Waals surface area contributed by atoms with Gasteiger partial charge in [-0.3, -0.25) is 0 Å². The first-order valence-electron chi connectivity index (χ1n) is 11.3. The lowest BCUT2D eigenvalue weighted by atomic mass is 10.0. The molecule has 0 fully saturated rings. The molecule has 0 bridgehead atoms. The Morgan fingerprint density at radius 2 is 1.00 bits per heavy atom. The molecule has 0 amide bonds. The van der Waals surface area contributed by atoms with E-state index in [-0.39, 0.29) is 5.54 Å². The van der Waals surface area contributed by atoms with Crippen LogP contribution in [0.5, 0.6) is 0 Å². The van der Waals surface area contributed by atoms with Crippen LogP contribution in [0.4, 0.5) is 0 Å². The predicted octanol–water partition coefficient (Wildman–Crippen LogP) is 4.71. The molecule has 32 heavy (non-hydrogen) atoms. The fraction of sp³-hybridized carbons (Fsp3) is 0.133. The fourth-order valence-electron chi connectivity index (χ4n) is 4.96. The maximum absolute atomic E-state index is 11.2. The molecule has 2 heteroatoms. The van der Waals surface area contributed by atoms with Crippen molar-refractivity contribution in [3.8, 4) is 0 Å². The van der Waals surface area contributed by atoms with Crippen molar-refractivity contribution in [3.05, 3.63) is 140 Å². The third-order valence-electron chi connectivity index (χ3n) is 6.37. The summed E-state index contributed by atoms with van der Waals surface area (Å²) in [5.74, 6) is 0. The highest BCUT2D eigenvalue weighted by Crippen LogP contribution is 2.29. The first-order chi connectivity index (χ1) is 15.7. The second-order valence-corrected chi connectivity index (χ2v) is 12.4. The predicted molar refractivity (Wildman–Crippen MR) is 139 cm³/mol. The lowest BCUT2D eigenvalue weighted by Crippen LogP contribution is -2.69. The molecule has 0 saturated carbocycles. The standard InChI is InChI=1S/C30H30OSi/c1-2-27(24-26(31)23-25-15-7-3-8-16-25)32(28-17-9-4-10-18-28,29-19-11-5-12-20-29)30-21-13-6-14-22-30/h2-22,26-27,31H,1,23-24H2. The van der Waals surface area contributed by atoms with Gasteiger partial charge in [0.25, 0.3) is 0 Å². The summed E-state index contributed by atoms with van der Waals surface area (Å²) >= 11 is 0. The van der Waals surface area contributed by atoms with Gasteiger partial charge in [0, 0.05) is 0 Å². The molecule has 1 nitrogen and oxygen atoms in total. The summed E-state index contributed by atoms with van der Waals surface area (Å²) < 4.78 is 0. The molecular formula is C30H30OSi. The van der Waals surface area contributed by atoms with Crippen LogP contribution in [-0.2, 0) is 6.42 Å². The van der Waals surface area contributed by atoms with Crippen molar-refractivity contribution >= 4 is 23.6 Å². The van der Waals surface area contributed by atoms with Gasteiger partial charge in [-0.05, 0) is 39.5 Å². The summed E-state index contributed by atoms with van der Waals surface area (Å²) in [6.07, 6.45) is 2.97. The summed E-state index contributed by atoms with van der Waals surface area (Å²) in [7, 11) is -2.51. The van der Waals surface area contributed by atoms with Crippen molar-refractivity contribution < 1.29 is 5.11 Å². The highest BCUT2D eigenvalue weighted by Gasteiger charge is 2.45. The van der Waals surface area contributed by atoms with E-state index in [1.165, 1.54) is 15.6 Å². The van der Waals surface area contributed by atoms with Crippen LogP contribution >= 0.6 is 0 Å². The maximum Gasteiger partial charge on any atom is 0.154 e. The zero-order valence-electron chi connectivity index (χ0n) is 18.3. The lowest BCUT2D eigenvalue weighted by Gasteiger charge is -2.40. The summed E-state index contributed by atoms with van der Waals surface area (Å²) in [6, 6.07) is 42.8. The van der Waals surface area contributed by atoms with Gasteiger partial charge in [0.2, 0.25) is 0 Å². The molecule has 2 unspecified atom stereocenters. The Labute approximate surface area is 192 Å². The molecule has 0 saturated heterocycles. The molecule has 1 N–H and O–H groups in total. The Kier molecular flexibility index (Phi) is 7.16. The second kappa shape index (κ2) is 10.4. The van der Waals surface area contributed by atoms with Crippen molar-refractivity contribution in [1.82, 2.24) is 0 Å². The number of benzene rings is 4. The lowest BCUT2D eigenvalue weighted by molar-refractivity contribution is 0.165. The number of hydrogen-bond acceptors (Lipinski definition) is 1. The minimum absolute atomic E-state index is 0.133. The summed E-state index contributed by atoms with van der Waals surface area (Å²) in [6.45, 7) is 4.29. The minimum atomic E-state index is -2.51. The molecule has 2 atom stereocenters. The van der Waals surface area contributed by atoms with Crippen LogP contribution in [0, 0.1) is 0 Å². The molecule has 0 heterocycles. The quantitative estimate of drug-likeness (QED) is 0.230. The highest BCUT2D eigenvalue weighted by molar-refractivity contribution is 7.12. The van der Waals surface area contributed by atoms with E-state index < -0.39 is 14.2 Å². The molecule has 0 spiro atoms. The molecule has 4 rings (SSSR count). The highest BCUT2D eigenvalue weighted by atomic mass is 28.3. The van der Waals surface area contributed by atoms with Gasteiger partial charge in [-0.1, -0.05) is 127 Å². The van der Waals surface area contributed by atoms with E-state index in [0.717, 1.165) is 5.56 Å². The van der Waals surface area contributed by atoms with Crippen LogP contribution in [0.15, 0.2) is 134 Å². The van der Waals surface area contributed by atoms with Crippen molar-refractivity contribution in [2.24, 2.45) is 0 Å². The minimum Gasteiger partial charge on any atom is -0.393 e. The number of aliphatic hydroxyl groups excluding tert-OH is 1. The molecule has 160 valence electrons. The third kappa shape index (κ3) is 4.52. The van der Waals surface area contributed by atoms with E-state index in [2.05, 4.69) is 116 Å². The van der Waals surface area contributed by atoms with Gasteiger partial charge in [-0.25, -0.2) is 0 Å². The molecule has 4 aromatic rings. The van der Waals surface area contributed by atoms with E-state index in [9.17, 15) is 5.11 Å². The maximum atomic E-state index is 11.2. The average Bonchev–Trinajstić information content (AvgIpc) is 2.86. The summed E-state index contributed by atoms with van der Waals surface area (Å²) in [5.41, 5.74) is 1.29. The Hall–Kier alpha value is -3.20. The van der Waals surface area contributed by atoms with Crippen LogP contribution in [0.2, 0.25) is 5.54 Å². The Bertz CT molecular complexity index is 998. The van der Waals surface area contributed by atoms with Gasteiger partial charge >= 0.3 is 0 Å². The zero-order chi connectivity index (χ0) is 22.2. The summed E-state index contributed by atoms with van der Waals surface area (Å²) in [5, 5.41) is 15.2. The fourth-order valence-corrected chi connectivity index (χ4v) is 10.4. The van der Waals surface area contributed by atoms with Crippen LogP contribution in [0.1, 0.15) is 12.0 Å². The largest absolute Gasteiger partial charge is 0.393 e. The first-order valence-corrected chi connectivity index (χ1v) is 13.3. The number of aliphatic hydroxyl groups is 1. The number of rotatable bonds is 9. The monoisotopic (exact) mass is 434 g/mol. The van der Waals surface area contributed by atoms with Gasteiger partial charge < -0.3 is 5.11 Å². The van der Waals surface area contributed by atoms with Crippen molar-refractivity contribution in [2.45, 2.75) is 24.5 Å². The van der Waals surface area contributed by atoms with Crippen molar-refractivity contribution in [2.75, 3.05) is 0 Å². The first kappa shape index (κ1) is 22.0. The Balaban J connectivity index is 1.84. The molecule has 0 aromatic heterocycles. The molecule has 0 aliphatic carbocycles. The number of allylic oxidation sites excluding steroid dienone is 1. The molecule has 0 aliphatic heterocycles. The SMILES string of the molecule is C=CC(CC(O)Cc1ccccc1)[Si](c1ccccc1)(c1ccccc1)c1ccccc1. The molecule has 4 aromatic carbocycles. The molecule has 0 aliphatic rings. The van der Waals surface area contributed by atoms with E-state index in [1.54, 1.807) is 0 Å². The Morgan fingerprint density at radius 1 is 0.625 bits per heavy atom. The van der Waals surface area contributed by atoms with Gasteiger partial charge in [0.15, 0.2) is 8.07 Å². The van der Waals surface area contributed by atoms with Gasteiger partial charge in [0.1, 0.15) is 0 Å². The van der Waals surface area contributed by atoms with Gasteiger partial charge in [-0.15, -0.1) is 6.58 Å². The average molecular weight is 435 g/mol. The van der Waals surface area contributed by atoms with E-state index >= 15 is 0 Å². The van der Waals surface area contributed by atoms with Crippen LogP contribution < -0.4 is 15.6 Å². The third-order valence-corrected chi connectivity index (χ3v) is 11.7.